The third kappa shape index (κ3) is 5.08. The predicted octanol–water partition coefficient (Wildman–Crippen LogP) is 7.31. The van der Waals surface area contributed by atoms with E-state index in [0.29, 0.717) is 0 Å². The van der Waals surface area contributed by atoms with Gasteiger partial charge in [-0.1, -0.05) is 133 Å². The molecular weight excluding hydrogens is 512 g/mol. The lowest BCUT2D eigenvalue weighted by molar-refractivity contribution is 1.44. The normalized spacial score (nSPS) is 11.4. The van der Waals surface area contributed by atoms with Gasteiger partial charge in [-0.2, -0.15) is 0 Å². The number of anilines is 1. The van der Waals surface area contributed by atoms with Crippen molar-refractivity contribution < 1.29 is 0 Å². The summed E-state index contributed by atoms with van der Waals surface area (Å²) in [5.41, 5.74) is 1.16. The van der Waals surface area contributed by atoms with E-state index in [1.165, 1.54) is 26.1 Å². The van der Waals surface area contributed by atoms with Crippen molar-refractivity contribution in [3.05, 3.63) is 146 Å². The standard InChI is InChI=1S/C31H27NP2S2/c1-36-31-24-22-26(23-25-31)32(33(27-14-6-2-7-15-27)28-16-8-3-9-17-28)34(35,29-18-10-4-11-19-29)30-20-12-5-13-21-30/h2-25H,1H3. The molecule has 5 rings (SSSR count). The van der Waals surface area contributed by atoms with Crippen LogP contribution in [0.3, 0.4) is 0 Å². The lowest BCUT2D eigenvalue weighted by Gasteiger charge is -2.43. The Kier molecular flexibility index (Phi) is 8.05. The van der Waals surface area contributed by atoms with E-state index in [0.717, 1.165) is 5.69 Å². The first-order chi connectivity index (χ1) is 17.7. The van der Waals surface area contributed by atoms with Gasteiger partial charge < -0.3 is 4.44 Å². The molecule has 0 radical (unpaired) electrons. The zero-order chi connectivity index (χ0) is 24.8. The second kappa shape index (κ2) is 11.6. The quantitative estimate of drug-likeness (QED) is 0.150. The molecule has 0 saturated carbocycles. The first-order valence-electron chi connectivity index (χ1n) is 11.8. The van der Waals surface area contributed by atoms with Crippen LogP contribution < -0.4 is 25.7 Å². The number of nitrogens with zero attached hydrogens (tertiary/aromatic N) is 1. The summed E-state index contributed by atoms with van der Waals surface area (Å²) in [6.45, 7) is 0. The van der Waals surface area contributed by atoms with Crippen molar-refractivity contribution in [3.8, 4) is 0 Å². The highest BCUT2D eigenvalue weighted by molar-refractivity contribution is 8.25. The molecule has 0 unspecified atom stereocenters. The van der Waals surface area contributed by atoms with Crippen LogP contribution in [-0.2, 0) is 11.8 Å². The summed E-state index contributed by atoms with van der Waals surface area (Å²) in [6, 6.07) is 52.1. The van der Waals surface area contributed by atoms with Gasteiger partial charge in [-0.05, 0) is 30.5 Å². The molecule has 5 aromatic carbocycles. The molecule has 0 amide bonds. The first-order valence-corrected chi connectivity index (χ1v) is 17.1. The van der Waals surface area contributed by atoms with Crippen LogP contribution in [-0.4, -0.2) is 6.26 Å². The minimum atomic E-state index is -2.48. The Balaban J connectivity index is 1.85. The van der Waals surface area contributed by atoms with Crippen molar-refractivity contribution >= 4 is 64.7 Å². The average molecular weight is 540 g/mol. The number of hydrogen-bond acceptors (Lipinski definition) is 2. The van der Waals surface area contributed by atoms with Crippen molar-refractivity contribution in [2.45, 2.75) is 4.90 Å². The van der Waals surface area contributed by atoms with Crippen LogP contribution >= 0.6 is 26.0 Å². The van der Waals surface area contributed by atoms with Crippen LogP contribution in [0.5, 0.6) is 0 Å². The molecule has 0 N–H and O–H groups in total. The highest BCUT2D eigenvalue weighted by Crippen LogP contribution is 2.62. The van der Waals surface area contributed by atoms with Gasteiger partial charge in [0.25, 0.3) is 0 Å². The van der Waals surface area contributed by atoms with Gasteiger partial charge in [0.2, 0.25) is 0 Å². The van der Waals surface area contributed by atoms with Crippen molar-refractivity contribution in [1.82, 2.24) is 0 Å². The maximum absolute atomic E-state index is 6.92. The highest BCUT2D eigenvalue weighted by Gasteiger charge is 2.37. The van der Waals surface area contributed by atoms with Gasteiger partial charge in [0, 0.05) is 31.8 Å². The maximum Gasteiger partial charge on any atom is 0.0966 e. The van der Waals surface area contributed by atoms with E-state index in [-0.39, 0.29) is 0 Å². The molecule has 0 aromatic heterocycles. The van der Waals surface area contributed by atoms with Crippen LogP contribution in [0.2, 0.25) is 0 Å². The summed E-state index contributed by atoms with van der Waals surface area (Å²) in [5.74, 6) is 0. The molecular formula is C31H27NP2S2. The van der Waals surface area contributed by atoms with Crippen molar-refractivity contribution in [2.24, 2.45) is 0 Å². The molecule has 0 atom stereocenters. The second-order valence-electron chi connectivity index (χ2n) is 8.22. The smallest absolute Gasteiger partial charge is 0.0966 e. The largest absolute Gasteiger partial charge is 0.307 e. The monoisotopic (exact) mass is 539 g/mol. The lowest BCUT2D eigenvalue weighted by atomic mass is 10.3. The van der Waals surface area contributed by atoms with Gasteiger partial charge in [-0.3, -0.25) is 0 Å². The molecule has 0 heterocycles. The molecule has 0 bridgehead atoms. The molecule has 36 heavy (non-hydrogen) atoms. The Labute approximate surface area is 225 Å². The fourth-order valence-corrected chi connectivity index (χ4v) is 12.9. The molecule has 0 aliphatic rings. The molecule has 0 fully saturated rings. The van der Waals surface area contributed by atoms with Crippen LogP contribution in [0, 0.1) is 0 Å². The summed E-state index contributed by atoms with van der Waals surface area (Å²) < 4.78 is 2.59. The zero-order valence-corrected chi connectivity index (χ0v) is 23.4. The predicted molar refractivity (Wildman–Crippen MR) is 166 cm³/mol. The van der Waals surface area contributed by atoms with Gasteiger partial charge >= 0.3 is 0 Å². The van der Waals surface area contributed by atoms with Crippen LogP contribution in [0.25, 0.3) is 0 Å². The Morgan fingerprint density at radius 1 is 0.556 bits per heavy atom. The summed E-state index contributed by atoms with van der Waals surface area (Å²) in [4.78, 5) is 1.25. The maximum atomic E-state index is 6.92. The molecule has 178 valence electrons. The van der Waals surface area contributed by atoms with E-state index in [4.69, 9.17) is 11.8 Å². The van der Waals surface area contributed by atoms with E-state index in [1.54, 1.807) is 11.8 Å². The van der Waals surface area contributed by atoms with Gasteiger partial charge in [-0.25, -0.2) is 0 Å². The fourth-order valence-electron chi connectivity index (χ4n) is 4.25. The van der Waals surface area contributed by atoms with Gasteiger partial charge in [0.05, 0.1) is 14.3 Å². The number of rotatable bonds is 8. The SMILES string of the molecule is CSc1ccc(N(P(c2ccccc2)c2ccccc2)P(=S)(c2ccccc2)c2ccccc2)cc1. The summed E-state index contributed by atoms with van der Waals surface area (Å²) in [7, 11) is -0.968. The molecule has 5 aromatic rings. The molecule has 0 aliphatic carbocycles. The molecule has 5 heteroatoms. The summed E-state index contributed by atoms with van der Waals surface area (Å²) in [5, 5.41) is 4.96. The Bertz CT molecular complexity index is 1350. The fraction of sp³-hybridized carbons (Fsp3) is 0.0323. The van der Waals surface area contributed by atoms with Gasteiger partial charge in [0.1, 0.15) is 0 Å². The Hall–Kier alpha value is -2.67. The number of thioether (sulfide) groups is 1. The third-order valence-electron chi connectivity index (χ3n) is 5.97. The minimum Gasteiger partial charge on any atom is -0.307 e. The van der Waals surface area contributed by atoms with Gasteiger partial charge in [0.15, 0.2) is 0 Å². The molecule has 0 spiro atoms. The van der Waals surface area contributed by atoms with E-state index in [2.05, 4.69) is 156 Å². The summed E-state index contributed by atoms with van der Waals surface area (Å²) in [6.07, 6.45) is -0.361. The highest BCUT2D eigenvalue weighted by atomic mass is 32.4. The van der Waals surface area contributed by atoms with Gasteiger partial charge in [-0.15, -0.1) is 11.8 Å². The topological polar surface area (TPSA) is 3.24 Å². The van der Waals surface area contributed by atoms with E-state index >= 15 is 0 Å². The minimum absolute atomic E-state index is 0.968. The molecule has 0 saturated heterocycles. The zero-order valence-electron chi connectivity index (χ0n) is 20.0. The van der Waals surface area contributed by atoms with Crippen molar-refractivity contribution in [3.63, 3.8) is 0 Å². The first kappa shape index (κ1) is 25.0. The van der Waals surface area contributed by atoms with Crippen molar-refractivity contribution in [2.75, 3.05) is 10.7 Å². The molecule has 1 nitrogen and oxygen atoms in total. The lowest BCUT2D eigenvalue weighted by Crippen LogP contribution is -2.34. The Morgan fingerprint density at radius 2 is 0.944 bits per heavy atom. The number of hydrogen-bond donors (Lipinski definition) is 0. The summed E-state index contributed by atoms with van der Waals surface area (Å²) >= 11 is 8.68. The van der Waals surface area contributed by atoms with Crippen molar-refractivity contribution in [1.29, 1.82) is 0 Å². The van der Waals surface area contributed by atoms with Crippen LogP contribution in [0.4, 0.5) is 5.69 Å². The van der Waals surface area contributed by atoms with E-state index in [9.17, 15) is 0 Å². The van der Waals surface area contributed by atoms with Crippen LogP contribution in [0.1, 0.15) is 0 Å². The van der Waals surface area contributed by atoms with Crippen LogP contribution in [0.15, 0.2) is 150 Å². The van der Waals surface area contributed by atoms with E-state index < -0.39 is 14.3 Å². The Morgan fingerprint density at radius 3 is 1.33 bits per heavy atom. The second-order valence-corrected chi connectivity index (χ2v) is 15.6. The van der Waals surface area contributed by atoms with E-state index in [1.807, 2.05) is 0 Å². The average Bonchev–Trinajstić information content (AvgIpc) is 2.97. The third-order valence-corrected chi connectivity index (χ3v) is 15.1. The molecule has 0 aliphatic heterocycles. The number of benzene rings is 5.